The number of benzene rings is 6. The van der Waals surface area contributed by atoms with Gasteiger partial charge in [0.25, 0.3) is 0 Å². The molecule has 8 aromatic rings. The number of para-hydroxylation sites is 2. The van der Waals surface area contributed by atoms with Crippen LogP contribution in [0.3, 0.4) is 0 Å². The second-order valence-corrected chi connectivity index (χ2v) is 11.3. The SMILES string of the molecule is C1=C=c2c(c3cc(-c4ccc5c(c4)c4ccccc4n5-c4cccc(-c5ccccc5)c4)ccc3n2-c2ccccc2)=CC=1. The summed E-state index contributed by atoms with van der Waals surface area (Å²) in [7, 11) is 0. The van der Waals surface area contributed by atoms with E-state index in [-0.39, 0.29) is 0 Å². The van der Waals surface area contributed by atoms with Crippen LogP contribution in [0.5, 0.6) is 0 Å². The van der Waals surface area contributed by atoms with Crippen molar-refractivity contribution in [2.24, 2.45) is 0 Å². The Hall–Kier alpha value is -6.04. The van der Waals surface area contributed by atoms with E-state index in [1.807, 2.05) is 6.08 Å². The zero-order valence-electron chi connectivity index (χ0n) is 23.9. The minimum atomic E-state index is 1.04. The lowest BCUT2D eigenvalue weighted by Gasteiger charge is -2.11. The van der Waals surface area contributed by atoms with Gasteiger partial charge in [-0.25, -0.2) is 0 Å². The van der Waals surface area contributed by atoms with Gasteiger partial charge in [0.1, 0.15) is 5.35 Å². The molecule has 0 radical (unpaired) electrons. The highest BCUT2D eigenvalue weighted by Gasteiger charge is 2.15. The predicted molar refractivity (Wildman–Crippen MR) is 184 cm³/mol. The third-order valence-electron chi connectivity index (χ3n) is 8.76. The second-order valence-electron chi connectivity index (χ2n) is 11.3. The molecule has 2 heteroatoms. The Morgan fingerprint density at radius 2 is 1.02 bits per heavy atom. The minimum absolute atomic E-state index is 1.04. The Morgan fingerprint density at radius 3 is 1.84 bits per heavy atom. The third-order valence-corrected chi connectivity index (χ3v) is 8.76. The average molecular weight is 559 g/mol. The zero-order chi connectivity index (χ0) is 29.0. The standard InChI is InChI=1S/C42H26N2/c1-3-12-29(13-4-1)30-14-11-17-34(26-30)44-40-21-10-8-19-36(40)38-28-32(23-25-42(38)44)31-22-24-41-37(27-31)35-18-7-9-20-39(35)43(41)33-15-5-2-6-16-33/h1-8,10-19,21-28H. The zero-order valence-corrected chi connectivity index (χ0v) is 23.9. The van der Waals surface area contributed by atoms with E-state index in [2.05, 4.69) is 172 Å². The average Bonchev–Trinajstić information content (AvgIpc) is 3.61. The molecule has 0 amide bonds. The number of allylic oxidation sites excluding steroid dienone is 1. The number of rotatable bonds is 4. The Kier molecular flexibility index (Phi) is 5.45. The summed E-state index contributed by atoms with van der Waals surface area (Å²) < 4.78 is 4.68. The Bertz CT molecular complexity index is 2600. The molecule has 0 saturated heterocycles. The molecule has 1 aliphatic carbocycles. The molecule has 9 rings (SSSR count). The summed E-state index contributed by atoms with van der Waals surface area (Å²) in [6.07, 6.45) is 4.11. The summed E-state index contributed by atoms with van der Waals surface area (Å²) in [4.78, 5) is 0. The van der Waals surface area contributed by atoms with Crippen molar-refractivity contribution < 1.29 is 0 Å². The summed E-state index contributed by atoms with van der Waals surface area (Å²) in [6.45, 7) is 0. The molecule has 0 saturated carbocycles. The van der Waals surface area contributed by atoms with Crippen LogP contribution in [-0.2, 0) is 0 Å². The van der Waals surface area contributed by atoms with Crippen LogP contribution in [0.1, 0.15) is 0 Å². The van der Waals surface area contributed by atoms with Gasteiger partial charge in [0, 0.05) is 32.8 Å². The van der Waals surface area contributed by atoms with Crippen LogP contribution in [-0.4, -0.2) is 9.13 Å². The van der Waals surface area contributed by atoms with Gasteiger partial charge < -0.3 is 9.13 Å². The third kappa shape index (κ3) is 3.77. The first kappa shape index (κ1) is 24.5. The van der Waals surface area contributed by atoms with Gasteiger partial charge in [-0.15, -0.1) is 0 Å². The topological polar surface area (TPSA) is 9.86 Å². The van der Waals surface area contributed by atoms with Gasteiger partial charge in [0.05, 0.1) is 16.6 Å². The van der Waals surface area contributed by atoms with Crippen molar-refractivity contribution >= 4 is 44.5 Å². The van der Waals surface area contributed by atoms with Crippen molar-refractivity contribution in [3.63, 3.8) is 0 Å². The molecule has 6 aromatic carbocycles. The molecule has 2 aromatic heterocycles. The molecule has 1 aliphatic rings. The first-order chi connectivity index (χ1) is 21.8. The highest BCUT2D eigenvalue weighted by Crippen LogP contribution is 2.36. The van der Waals surface area contributed by atoms with Gasteiger partial charge in [-0.05, 0) is 94.7 Å². The molecule has 44 heavy (non-hydrogen) atoms. The fourth-order valence-electron chi connectivity index (χ4n) is 6.75. The van der Waals surface area contributed by atoms with E-state index in [9.17, 15) is 0 Å². The molecule has 2 heterocycles. The number of nitrogens with zero attached hydrogens (tertiary/aromatic N) is 2. The van der Waals surface area contributed by atoms with Gasteiger partial charge in [-0.3, -0.25) is 0 Å². The quantitative estimate of drug-likeness (QED) is 0.191. The highest BCUT2D eigenvalue weighted by atomic mass is 15.0. The lowest BCUT2D eigenvalue weighted by Crippen LogP contribution is -2.27. The van der Waals surface area contributed by atoms with Crippen LogP contribution in [0, 0.1) is 0 Å². The first-order valence-corrected chi connectivity index (χ1v) is 14.9. The first-order valence-electron chi connectivity index (χ1n) is 14.9. The summed E-state index contributed by atoms with van der Waals surface area (Å²) in [5, 5.41) is 5.94. The van der Waals surface area contributed by atoms with Crippen molar-refractivity contribution in [3.05, 3.63) is 168 Å². The van der Waals surface area contributed by atoms with E-state index in [4.69, 9.17) is 0 Å². The van der Waals surface area contributed by atoms with Gasteiger partial charge in [-0.1, -0.05) is 96.7 Å². The van der Waals surface area contributed by atoms with E-state index >= 15 is 0 Å². The summed E-state index contributed by atoms with van der Waals surface area (Å²) >= 11 is 0. The predicted octanol–water partition coefficient (Wildman–Crippen LogP) is 8.95. The van der Waals surface area contributed by atoms with Crippen LogP contribution < -0.4 is 10.6 Å². The second kappa shape index (κ2) is 9.76. The van der Waals surface area contributed by atoms with E-state index in [0.717, 1.165) is 16.7 Å². The summed E-state index contributed by atoms with van der Waals surface area (Å²) in [6, 6.07) is 52.4. The van der Waals surface area contributed by atoms with E-state index in [0.29, 0.717) is 0 Å². The van der Waals surface area contributed by atoms with Crippen LogP contribution >= 0.6 is 0 Å². The van der Waals surface area contributed by atoms with Crippen LogP contribution in [0.25, 0.3) is 78.1 Å². The number of hydrogen-bond donors (Lipinski definition) is 0. The van der Waals surface area contributed by atoms with E-state index in [1.165, 1.54) is 60.2 Å². The van der Waals surface area contributed by atoms with Crippen LogP contribution in [0.15, 0.2) is 157 Å². The molecule has 0 fully saturated rings. The van der Waals surface area contributed by atoms with Crippen LogP contribution in [0.4, 0.5) is 0 Å². The summed E-state index contributed by atoms with van der Waals surface area (Å²) in [5.41, 5.74) is 17.2. The molecule has 0 unspecified atom stereocenters. The van der Waals surface area contributed by atoms with Crippen LogP contribution in [0.2, 0.25) is 0 Å². The molecular formula is C42H26N2. The minimum Gasteiger partial charge on any atom is -0.309 e. The van der Waals surface area contributed by atoms with E-state index < -0.39 is 0 Å². The van der Waals surface area contributed by atoms with Crippen molar-refractivity contribution in [2.75, 3.05) is 0 Å². The molecule has 2 nitrogen and oxygen atoms in total. The van der Waals surface area contributed by atoms with Gasteiger partial charge in [0.15, 0.2) is 0 Å². The van der Waals surface area contributed by atoms with E-state index in [1.54, 1.807) is 0 Å². The number of aromatic nitrogens is 2. The van der Waals surface area contributed by atoms with Crippen molar-refractivity contribution in [3.8, 4) is 33.6 Å². The van der Waals surface area contributed by atoms with Crippen molar-refractivity contribution in [2.45, 2.75) is 0 Å². The monoisotopic (exact) mass is 558 g/mol. The fraction of sp³-hybridized carbons (Fsp3) is 0. The Balaban J connectivity index is 1.23. The number of hydrogen-bond acceptors (Lipinski definition) is 0. The summed E-state index contributed by atoms with van der Waals surface area (Å²) in [5.74, 6) is 0. The smallest absolute Gasteiger partial charge is 0.105 e. The Morgan fingerprint density at radius 1 is 0.409 bits per heavy atom. The lowest BCUT2D eigenvalue weighted by atomic mass is 10.0. The van der Waals surface area contributed by atoms with Gasteiger partial charge >= 0.3 is 0 Å². The lowest BCUT2D eigenvalue weighted by molar-refractivity contribution is 1.07. The molecule has 0 atom stereocenters. The van der Waals surface area contributed by atoms with Gasteiger partial charge in [-0.2, -0.15) is 0 Å². The molecule has 0 bridgehead atoms. The maximum Gasteiger partial charge on any atom is 0.105 e. The van der Waals surface area contributed by atoms with Gasteiger partial charge in [0.2, 0.25) is 0 Å². The molecular weight excluding hydrogens is 532 g/mol. The van der Waals surface area contributed by atoms with Crippen molar-refractivity contribution in [1.82, 2.24) is 9.13 Å². The maximum absolute atomic E-state index is 3.38. The Labute approximate surface area is 254 Å². The molecule has 0 aliphatic heterocycles. The molecule has 0 N–H and O–H groups in total. The van der Waals surface area contributed by atoms with Crippen molar-refractivity contribution in [1.29, 1.82) is 0 Å². The maximum atomic E-state index is 3.38. The normalized spacial score (nSPS) is 12.0. The largest absolute Gasteiger partial charge is 0.309 e. The fourth-order valence-corrected chi connectivity index (χ4v) is 6.75. The number of fused-ring (bicyclic) bond motifs is 6. The highest BCUT2D eigenvalue weighted by molar-refractivity contribution is 6.10. The molecule has 0 spiro atoms. The molecule has 204 valence electrons.